The van der Waals surface area contributed by atoms with Crippen LogP contribution in [0.3, 0.4) is 0 Å². The Kier molecular flexibility index (Phi) is 6.73. The van der Waals surface area contributed by atoms with E-state index in [-0.39, 0.29) is 36.4 Å². The molecule has 1 N–H and O–H groups in total. The van der Waals surface area contributed by atoms with Gasteiger partial charge in [0.15, 0.2) is 5.75 Å². The van der Waals surface area contributed by atoms with Gasteiger partial charge in [0, 0.05) is 54.1 Å². The Morgan fingerprint density at radius 2 is 2.02 bits per heavy atom. The predicted octanol–water partition coefficient (Wildman–Crippen LogP) is 4.17. The zero-order valence-corrected chi connectivity index (χ0v) is 23.9. The number of anilines is 1. The summed E-state index contributed by atoms with van der Waals surface area (Å²) in [5.41, 5.74) is 2.05. The van der Waals surface area contributed by atoms with Crippen molar-refractivity contribution < 1.29 is 14.6 Å². The van der Waals surface area contributed by atoms with E-state index in [9.17, 15) is 14.7 Å². The number of carbonyl (C=O) groups excluding carboxylic acids is 1. The van der Waals surface area contributed by atoms with E-state index in [4.69, 9.17) is 16.3 Å². The Morgan fingerprint density at radius 3 is 2.73 bits per heavy atom. The maximum atomic E-state index is 13.9. The number of phenolic OH excluding ortho intramolecular Hbond substituents is 1. The van der Waals surface area contributed by atoms with E-state index >= 15 is 0 Å². The number of halogens is 1. The Hall–Kier alpha value is -4.31. The van der Waals surface area contributed by atoms with Crippen LogP contribution in [0.4, 0.5) is 5.82 Å². The molecule has 1 saturated heterocycles. The van der Waals surface area contributed by atoms with Crippen LogP contribution in [0, 0.1) is 6.92 Å². The van der Waals surface area contributed by atoms with Gasteiger partial charge in [0.25, 0.3) is 0 Å². The standard InChI is InChI=1S/C30H31ClN6O4/c1-5-24(39)35-13-19(4)36(14-18(35)3)29-21-12-22(31)26(25-17(2)8-6-9-23(25)38)28-27(21)37(30(40)33-29)20(16-41-28)15-34-11-7-10-32-34/h5-12,18-20,38H,1,13-16H2,2-4H3/t18-,19+,20+/m1/s1. The lowest BCUT2D eigenvalue weighted by molar-refractivity contribution is -0.128. The topological polar surface area (TPSA) is 106 Å². The van der Waals surface area contributed by atoms with Crippen LogP contribution < -0.4 is 15.3 Å². The summed E-state index contributed by atoms with van der Waals surface area (Å²) >= 11 is 6.99. The first-order chi connectivity index (χ1) is 19.7. The molecule has 10 nitrogen and oxygen atoms in total. The Bertz CT molecular complexity index is 1710. The van der Waals surface area contributed by atoms with Crippen LogP contribution in [0.1, 0.15) is 25.5 Å². The minimum absolute atomic E-state index is 0.0680. The maximum absolute atomic E-state index is 13.9. The van der Waals surface area contributed by atoms with Gasteiger partial charge in [-0.3, -0.25) is 14.0 Å². The molecule has 2 aromatic carbocycles. The summed E-state index contributed by atoms with van der Waals surface area (Å²) in [6.07, 6.45) is 4.85. The number of aryl methyl sites for hydroxylation is 1. The van der Waals surface area contributed by atoms with E-state index in [0.29, 0.717) is 58.3 Å². The van der Waals surface area contributed by atoms with E-state index in [0.717, 1.165) is 5.56 Å². The van der Waals surface area contributed by atoms with E-state index in [1.54, 1.807) is 38.5 Å². The summed E-state index contributed by atoms with van der Waals surface area (Å²) in [5.74, 6) is 0.849. The Balaban J connectivity index is 1.59. The summed E-state index contributed by atoms with van der Waals surface area (Å²) in [7, 11) is 0. The molecule has 4 heterocycles. The number of rotatable bonds is 5. The van der Waals surface area contributed by atoms with Crippen molar-refractivity contribution in [1.82, 2.24) is 24.2 Å². The molecule has 0 saturated carbocycles. The molecule has 0 spiro atoms. The van der Waals surface area contributed by atoms with Gasteiger partial charge in [-0.05, 0) is 50.6 Å². The number of aromatic nitrogens is 4. The van der Waals surface area contributed by atoms with Gasteiger partial charge in [-0.2, -0.15) is 10.1 Å². The number of hydrogen-bond donors (Lipinski definition) is 1. The third-order valence-corrected chi connectivity index (χ3v) is 8.35. The first kappa shape index (κ1) is 26.9. The number of phenols is 1. The second-order valence-corrected chi connectivity index (χ2v) is 11.2. The van der Waals surface area contributed by atoms with Crippen molar-refractivity contribution in [1.29, 1.82) is 0 Å². The van der Waals surface area contributed by atoms with Gasteiger partial charge in [-0.15, -0.1) is 0 Å². The van der Waals surface area contributed by atoms with Crippen LogP contribution in [0.5, 0.6) is 11.5 Å². The van der Waals surface area contributed by atoms with Crippen molar-refractivity contribution in [3.8, 4) is 22.6 Å². The van der Waals surface area contributed by atoms with Crippen molar-refractivity contribution >= 4 is 34.2 Å². The average Bonchev–Trinajstić information content (AvgIpc) is 3.46. The number of amides is 1. The van der Waals surface area contributed by atoms with Crippen LogP contribution in [0.2, 0.25) is 5.02 Å². The lowest BCUT2D eigenvalue weighted by atomic mass is 9.95. The highest BCUT2D eigenvalue weighted by Crippen LogP contribution is 2.49. The van der Waals surface area contributed by atoms with Gasteiger partial charge >= 0.3 is 5.69 Å². The molecule has 0 unspecified atom stereocenters. The second kappa shape index (κ2) is 10.3. The van der Waals surface area contributed by atoms with E-state index in [2.05, 4.69) is 21.6 Å². The lowest BCUT2D eigenvalue weighted by Gasteiger charge is -2.45. The lowest BCUT2D eigenvalue weighted by Crippen LogP contribution is -2.58. The second-order valence-electron chi connectivity index (χ2n) is 10.8. The fourth-order valence-electron chi connectivity index (χ4n) is 6.09. The fourth-order valence-corrected chi connectivity index (χ4v) is 6.38. The number of carbonyl (C=O) groups is 1. The smallest absolute Gasteiger partial charge is 0.350 e. The van der Waals surface area contributed by atoms with Crippen LogP contribution in [0.25, 0.3) is 22.0 Å². The molecular weight excluding hydrogens is 544 g/mol. The number of benzene rings is 2. The summed E-state index contributed by atoms with van der Waals surface area (Å²) in [5, 5.41) is 16.2. The summed E-state index contributed by atoms with van der Waals surface area (Å²) in [4.78, 5) is 34.8. The third-order valence-electron chi connectivity index (χ3n) is 8.06. The molecule has 4 aromatic rings. The zero-order chi connectivity index (χ0) is 29.0. The van der Waals surface area contributed by atoms with Crippen molar-refractivity contribution in [2.45, 2.75) is 45.4 Å². The van der Waals surface area contributed by atoms with Gasteiger partial charge in [0.05, 0.1) is 23.1 Å². The molecular formula is C30H31ClN6O4. The highest BCUT2D eigenvalue weighted by molar-refractivity contribution is 6.35. The molecule has 2 aliphatic heterocycles. The molecule has 2 aromatic heterocycles. The quantitative estimate of drug-likeness (QED) is 0.357. The first-order valence-electron chi connectivity index (χ1n) is 13.6. The van der Waals surface area contributed by atoms with Crippen molar-refractivity contribution in [2.75, 3.05) is 24.6 Å². The van der Waals surface area contributed by atoms with Gasteiger partial charge < -0.3 is 19.6 Å². The number of ether oxygens (including phenoxy) is 1. The molecule has 0 radical (unpaired) electrons. The van der Waals surface area contributed by atoms with Gasteiger partial charge in [0.1, 0.15) is 18.2 Å². The van der Waals surface area contributed by atoms with E-state index in [1.165, 1.54) is 6.08 Å². The normalized spacial score (nSPS) is 20.2. The minimum Gasteiger partial charge on any atom is -0.507 e. The summed E-state index contributed by atoms with van der Waals surface area (Å²) in [6.45, 7) is 11.0. The predicted molar refractivity (Wildman–Crippen MR) is 158 cm³/mol. The molecule has 41 heavy (non-hydrogen) atoms. The molecule has 0 aliphatic carbocycles. The van der Waals surface area contributed by atoms with Crippen molar-refractivity contribution in [3.63, 3.8) is 0 Å². The van der Waals surface area contributed by atoms with Crippen LogP contribution in [-0.4, -0.2) is 67.0 Å². The fraction of sp³-hybridized carbons (Fsp3) is 0.333. The Morgan fingerprint density at radius 1 is 1.22 bits per heavy atom. The molecule has 0 bridgehead atoms. The number of hydrogen-bond acceptors (Lipinski definition) is 7. The minimum atomic E-state index is -0.416. The number of piperazine rings is 1. The molecule has 11 heteroatoms. The number of nitrogens with zero attached hydrogens (tertiary/aromatic N) is 6. The Labute approximate surface area is 242 Å². The third kappa shape index (κ3) is 4.42. The van der Waals surface area contributed by atoms with Crippen molar-refractivity contribution in [2.24, 2.45) is 0 Å². The van der Waals surface area contributed by atoms with E-state index in [1.807, 2.05) is 39.1 Å². The van der Waals surface area contributed by atoms with Gasteiger partial charge in [-0.25, -0.2) is 4.79 Å². The molecule has 2 aliphatic rings. The molecule has 6 rings (SSSR count). The maximum Gasteiger partial charge on any atom is 0.350 e. The molecule has 1 fully saturated rings. The van der Waals surface area contributed by atoms with Gasteiger partial charge in [0.2, 0.25) is 5.91 Å². The highest BCUT2D eigenvalue weighted by Gasteiger charge is 2.36. The molecule has 3 atom stereocenters. The average molecular weight is 575 g/mol. The SMILES string of the molecule is C=CC(=O)N1C[C@H](C)N(c2nc(=O)n3c4c(c(-c5c(C)cccc5O)c(Cl)cc24)OC[C@@H]3Cn2cccn2)C[C@H]1C. The summed E-state index contributed by atoms with van der Waals surface area (Å²) in [6, 6.07) is 8.26. The molecule has 1 amide bonds. The van der Waals surface area contributed by atoms with E-state index < -0.39 is 5.69 Å². The summed E-state index contributed by atoms with van der Waals surface area (Å²) < 4.78 is 9.86. The van der Waals surface area contributed by atoms with Crippen LogP contribution in [0.15, 0.2) is 60.2 Å². The first-order valence-corrected chi connectivity index (χ1v) is 13.9. The van der Waals surface area contributed by atoms with Crippen LogP contribution in [-0.2, 0) is 11.3 Å². The molecule has 212 valence electrons. The largest absolute Gasteiger partial charge is 0.507 e. The number of aromatic hydroxyl groups is 1. The monoisotopic (exact) mass is 574 g/mol. The highest BCUT2D eigenvalue weighted by atomic mass is 35.5. The van der Waals surface area contributed by atoms with Crippen molar-refractivity contribution in [3.05, 3.63) is 76.5 Å². The zero-order valence-electron chi connectivity index (χ0n) is 23.1. The van der Waals surface area contributed by atoms with Gasteiger partial charge in [-0.1, -0.05) is 30.3 Å². The van der Waals surface area contributed by atoms with Crippen LogP contribution >= 0.6 is 11.6 Å².